The van der Waals surface area contributed by atoms with Gasteiger partial charge in [-0.2, -0.15) is 0 Å². The molecule has 0 aliphatic carbocycles. The molecule has 0 saturated carbocycles. The van der Waals surface area contributed by atoms with Gasteiger partial charge in [0.05, 0.1) is 0 Å². The normalized spacial score (nSPS) is 10.5. The highest BCUT2D eigenvalue weighted by Crippen LogP contribution is 2.14. The second kappa shape index (κ2) is 6.25. The average molecular weight is 257 g/mol. The van der Waals surface area contributed by atoms with Crippen LogP contribution in [0, 0.1) is 5.92 Å². The molecule has 2 N–H and O–H groups in total. The highest BCUT2D eigenvalue weighted by atomic mass is 35.5. The minimum absolute atomic E-state index is 0.132. The summed E-state index contributed by atoms with van der Waals surface area (Å²) in [5.41, 5.74) is 1.02. The number of aryl methyl sites for hydroxylation is 1. The van der Waals surface area contributed by atoms with Crippen molar-refractivity contribution in [2.24, 2.45) is 5.92 Å². The molecule has 1 aromatic rings. The number of hydrogen-bond acceptors (Lipinski definition) is 2. The van der Waals surface area contributed by atoms with E-state index in [1.165, 1.54) is 0 Å². The van der Waals surface area contributed by atoms with Crippen molar-refractivity contribution in [3.8, 4) is 0 Å². The number of aliphatic carboxylic acids is 2. The molecule has 0 saturated heterocycles. The van der Waals surface area contributed by atoms with Crippen molar-refractivity contribution in [2.75, 3.05) is 0 Å². The van der Waals surface area contributed by atoms with Crippen LogP contribution in [-0.2, 0) is 16.0 Å². The fourth-order valence-electron chi connectivity index (χ4n) is 1.51. The number of carboxylic acids is 2. The van der Waals surface area contributed by atoms with E-state index in [-0.39, 0.29) is 6.42 Å². The second-order valence-corrected chi connectivity index (χ2v) is 4.18. The Balaban J connectivity index is 2.43. The number of carbonyl (C=O) groups is 2. The molecular weight excluding hydrogens is 244 g/mol. The van der Waals surface area contributed by atoms with Gasteiger partial charge in [-0.15, -0.1) is 0 Å². The van der Waals surface area contributed by atoms with Crippen LogP contribution in [0.1, 0.15) is 18.4 Å². The van der Waals surface area contributed by atoms with Gasteiger partial charge in [-0.25, -0.2) is 0 Å². The Hall–Kier alpha value is -1.55. The third-order valence-corrected chi connectivity index (χ3v) is 2.72. The molecular formula is C12H13ClO4. The summed E-state index contributed by atoms with van der Waals surface area (Å²) in [6, 6.07) is 7.20. The van der Waals surface area contributed by atoms with Crippen LogP contribution in [0.2, 0.25) is 5.02 Å². The minimum Gasteiger partial charge on any atom is -0.481 e. The first-order valence-corrected chi connectivity index (χ1v) is 5.58. The van der Waals surface area contributed by atoms with Gasteiger partial charge in [0, 0.05) is 5.02 Å². The van der Waals surface area contributed by atoms with Gasteiger partial charge in [0.1, 0.15) is 0 Å². The van der Waals surface area contributed by atoms with Crippen LogP contribution in [0.4, 0.5) is 0 Å². The van der Waals surface area contributed by atoms with Crippen LogP contribution in [-0.4, -0.2) is 22.2 Å². The molecule has 0 fully saturated rings. The Morgan fingerprint density at radius 2 is 1.65 bits per heavy atom. The summed E-state index contributed by atoms with van der Waals surface area (Å²) in [6.07, 6.45) is 1.30. The molecule has 1 rings (SSSR count). The van der Waals surface area contributed by atoms with Crippen LogP contribution in [0.15, 0.2) is 24.3 Å². The molecule has 0 aromatic heterocycles. The van der Waals surface area contributed by atoms with Gasteiger partial charge >= 0.3 is 11.9 Å². The predicted octanol–water partition coefficient (Wildman–Crippen LogP) is 2.45. The van der Waals surface area contributed by atoms with Gasteiger partial charge in [0.2, 0.25) is 0 Å². The van der Waals surface area contributed by atoms with Gasteiger partial charge in [-0.05, 0) is 37.0 Å². The predicted molar refractivity (Wildman–Crippen MR) is 63.2 cm³/mol. The number of rotatable bonds is 6. The molecule has 17 heavy (non-hydrogen) atoms. The molecule has 0 spiro atoms. The largest absolute Gasteiger partial charge is 0.481 e. The maximum atomic E-state index is 10.6. The zero-order valence-electron chi connectivity index (χ0n) is 9.10. The summed E-state index contributed by atoms with van der Waals surface area (Å²) >= 11 is 5.72. The molecule has 0 bridgehead atoms. The van der Waals surface area contributed by atoms with Crippen molar-refractivity contribution >= 4 is 23.5 Å². The van der Waals surface area contributed by atoms with Crippen molar-refractivity contribution in [1.82, 2.24) is 0 Å². The van der Waals surface area contributed by atoms with Crippen LogP contribution in [0.3, 0.4) is 0 Å². The third-order valence-electron chi connectivity index (χ3n) is 2.47. The Morgan fingerprint density at radius 3 is 2.12 bits per heavy atom. The summed E-state index contributed by atoms with van der Waals surface area (Å²) in [6.45, 7) is 0. The summed E-state index contributed by atoms with van der Waals surface area (Å²) in [4.78, 5) is 21.3. The maximum absolute atomic E-state index is 10.6. The van der Waals surface area contributed by atoms with Crippen molar-refractivity contribution in [2.45, 2.75) is 19.3 Å². The molecule has 0 unspecified atom stereocenters. The SMILES string of the molecule is O=C(O)C(CCCc1ccc(Cl)cc1)C(=O)O. The van der Waals surface area contributed by atoms with Crippen LogP contribution < -0.4 is 0 Å². The van der Waals surface area contributed by atoms with Crippen molar-refractivity contribution < 1.29 is 19.8 Å². The minimum atomic E-state index is -1.32. The van der Waals surface area contributed by atoms with Gasteiger partial charge in [-0.3, -0.25) is 9.59 Å². The first-order valence-electron chi connectivity index (χ1n) is 5.20. The molecule has 0 aliphatic rings. The van der Waals surface area contributed by atoms with Gasteiger partial charge in [0.15, 0.2) is 5.92 Å². The fraction of sp³-hybridized carbons (Fsp3) is 0.333. The van der Waals surface area contributed by atoms with Crippen LogP contribution >= 0.6 is 11.6 Å². The quantitative estimate of drug-likeness (QED) is 0.767. The molecule has 0 radical (unpaired) electrons. The summed E-state index contributed by atoms with van der Waals surface area (Å²) in [5.74, 6) is -3.88. The van der Waals surface area contributed by atoms with E-state index in [2.05, 4.69) is 0 Å². The van der Waals surface area contributed by atoms with Crippen LogP contribution in [0.5, 0.6) is 0 Å². The fourth-order valence-corrected chi connectivity index (χ4v) is 1.64. The molecule has 0 amide bonds. The van der Waals surface area contributed by atoms with E-state index < -0.39 is 17.9 Å². The first kappa shape index (κ1) is 13.5. The molecule has 0 atom stereocenters. The van der Waals surface area contributed by atoms with Crippen LogP contribution in [0.25, 0.3) is 0 Å². The first-order chi connectivity index (χ1) is 8.00. The lowest BCUT2D eigenvalue weighted by Gasteiger charge is -2.07. The Morgan fingerprint density at radius 1 is 1.12 bits per heavy atom. The molecule has 0 aliphatic heterocycles. The standard InChI is InChI=1S/C12H13ClO4/c13-9-6-4-8(5-7-9)2-1-3-10(11(14)15)12(16)17/h4-7,10H,1-3H2,(H,14,15)(H,16,17). The molecule has 1 aromatic carbocycles. The Bertz CT molecular complexity index is 385. The van der Waals surface area contributed by atoms with E-state index in [0.717, 1.165) is 5.56 Å². The molecule has 4 nitrogen and oxygen atoms in total. The lowest BCUT2D eigenvalue weighted by molar-refractivity contribution is -0.154. The highest BCUT2D eigenvalue weighted by molar-refractivity contribution is 6.30. The van der Waals surface area contributed by atoms with E-state index in [1.807, 2.05) is 12.1 Å². The second-order valence-electron chi connectivity index (χ2n) is 3.75. The van der Waals surface area contributed by atoms with E-state index in [9.17, 15) is 9.59 Å². The van der Waals surface area contributed by atoms with E-state index in [4.69, 9.17) is 21.8 Å². The molecule has 5 heteroatoms. The lowest BCUT2D eigenvalue weighted by atomic mass is 10.00. The smallest absolute Gasteiger partial charge is 0.317 e. The Labute approximate surface area is 104 Å². The maximum Gasteiger partial charge on any atom is 0.317 e. The van der Waals surface area contributed by atoms with Gasteiger partial charge in [0.25, 0.3) is 0 Å². The molecule has 0 heterocycles. The number of halogens is 1. The van der Waals surface area contributed by atoms with Gasteiger partial charge < -0.3 is 10.2 Å². The van der Waals surface area contributed by atoms with E-state index in [0.29, 0.717) is 17.9 Å². The van der Waals surface area contributed by atoms with Crippen molar-refractivity contribution in [1.29, 1.82) is 0 Å². The topological polar surface area (TPSA) is 74.6 Å². The van der Waals surface area contributed by atoms with E-state index >= 15 is 0 Å². The lowest BCUT2D eigenvalue weighted by Crippen LogP contribution is -2.23. The number of benzene rings is 1. The summed E-state index contributed by atoms with van der Waals surface area (Å²) < 4.78 is 0. The highest BCUT2D eigenvalue weighted by Gasteiger charge is 2.24. The monoisotopic (exact) mass is 256 g/mol. The van der Waals surface area contributed by atoms with E-state index in [1.54, 1.807) is 12.1 Å². The zero-order chi connectivity index (χ0) is 12.8. The van der Waals surface area contributed by atoms with Gasteiger partial charge in [-0.1, -0.05) is 23.7 Å². The Kier molecular flexibility index (Phi) is 4.97. The molecule has 92 valence electrons. The third kappa shape index (κ3) is 4.44. The number of hydrogen-bond donors (Lipinski definition) is 2. The summed E-state index contributed by atoms with van der Waals surface area (Å²) in [7, 11) is 0. The zero-order valence-corrected chi connectivity index (χ0v) is 9.85. The van der Waals surface area contributed by atoms with Crippen molar-refractivity contribution in [3.05, 3.63) is 34.9 Å². The summed E-state index contributed by atoms with van der Waals surface area (Å²) in [5, 5.41) is 18.0. The number of carboxylic acid groups (broad SMARTS) is 2. The average Bonchev–Trinajstić information content (AvgIpc) is 2.25. The van der Waals surface area contributed by atoms with Crippen molar-refractivity contribution in [3.63, 3.8) is 0 Å².